The second kappa shape index (κ2) is 6.26. The third kappa shape index (κ3) is 3.37. The molecular weight excluding hydrogens is 250 g/mol. The number of aromatic nitrogens is 1. The molecule has 0 aliphatic rings. The molecule has 3 nitrogen and oxygen atoms in total. The molecule has 1 heterocycles. The number of benzene rings is 1. The van der Waals surface area contributed by atoms with Crippen molar-refractivity contribution in [1.82, 2.24) is 4.98 Å². The van der Waals surface area contributed by atoms with Crippen LogP contribution in [0.3, 0.4) is 0 Å². The fraction of sp³-hybridized carbons (Fsp3) is 0.214. The van der Waals surface area contributed by atoms with Gasteiger partial charge in [-0.05, 0) is 36.8 Å². The minimum atomic E-state index is 0.437. The van der Waals surface area contributed by atoms with E-state index in [-0.39, 0.29) is 0 Å². The van der Waals surface area contributed by atoms with Gasteiger partial charge in [-0.2, -0.15) is 0 Å². The number of para-hydroxylation sites is 2. The van der Waals surface area contributed by atoms with Gasteiger partial charge in [-0.25, -0.2) is 4.98 Å². The molecule has 0 fully saturated rings. The van der Waals surface area contributed by atoms with E-state index in [1.54, 1.807) is 12.3 Å². The van der Waals surface area contributed by atoms with Crippen LogP contribution in [-0.4, -0.2) is 11.6 Å². The highest BCUT2D eigenvalue weighted by Gasteiger charge is 2.04. The van der Waals surface area contributed by atoms with E-state index in [0.29, 0.717) is 18.4 Å². The predicted octanol–water partition coefficient (Wildman–Crippen LogP) is 3.71. The van der Waals surface area contributed by atoms with Crippen LogP contribution < -0.4 is 9.47 Å². The molecule has 18 heavy (non-hydrogen) atoms. The maximum absolute atomic E-state index is 5.82. The van der Waals surface area contributed by atoms with Gasteiger partial charge in [-0.3, -0.25) is 0 Å². The Hall–Kier alpha value is -1.74. The Kier molecular flexibility index (Phi) is 4.42. The van der Waals surface area contributed by atoms with Gasteiger partial charge >= 0.3 is 0 Å². The molecule has 0 amide bonds. The lowest BCUT2D eigenvalue weighted by Crippen LogP contribution is -1.99. The molecule has 0 atom stereocenters. The van der Waals surface area contributed by atoms with E-state index >= 15 is 0 Å². The Balaban J connectivity index is 2.06. The standard InChI is InChI=1S/C14H14ClNO2/c1-2-17-12-5-3-4-6-13(12)18-10-11-7-8-16-14(15)9-11/h3-9H,2,10H2,1H3. The molecule has 94 valence electrons. The van der Waals surface area contributed by atoms with E-state index in [9.17, 15) is 0 Å². The average molecular weight is 264 g/mol. The summed E-state index contributed by atoms with van der Waals surface area (Å²) in [4.78, 5) is 3.93. The van der Waals surface area contributed by atoms with Crippen molar-refractivity contribution >= 4 is 11.6 Å². The van der Waals surface area contributed by atoms with Gasteiger partial charge in [-0.1, -0.05) is 23.7 Å². The highest BCUT2D eigenvalue weighted by molar-refractivity contribution is 6.29. The molecule has 1 aromatic heterocycles. The van der Waals surface area contributed by atoms with Crippen LogP contribution in [-0.2, 0) is 6.61 Å². The molecule has 4 heteroatoms. The van der Waals surface area contributed by atoms with Crippen molar-refractivity contribution in [3.8, 4) is 11.5 Å². The Morgan fingerprint density at radius 1 is 1.11 bits per heavy atom. The first-order valence-corrected chi connectivity index (χ1v) is 6.12. The van der Waals surface area contributed by atoms with Crippen molar-refractivity contribution in [1.29, 1.82) is 0 Å². The Bertz CT molecular complexity index is 517. The van der Waals surface area contributed by atoms with E-state index in [4.69, 9.17) is 21.1 Å². The van der Waals surface area contributed by atoms with Gasteiger partial charge in [0.15, 0.2) is 11.5 Å². The van der Waals surface area contributed by atoms with Crippen LogP contribution in [0.25, 0.3) is 0 Å². The van der Waals surface area contributed by atoms with Crippen molar-refractivity contribution in [2.45, 2.75) is 13.5 Å². The summed E-state index contributed by atoms with van der Waals surface area (Å²) in [5, 5.41) is 0.467. The van der Waals surface area contributed by atoms with Crippen LogP contribution in [0.4, 0.5) is 0 Å². The van der Waals surface area contributed by atoms with Gasteiger partial charge in [0.2, 0.25) is 0 Å². The first kappa shape index (κ1) is 12.7. The molecule has 2 rings (SSSR count). The lowest BCUT2D eigenvalue weighted by atomic mass is 10.3. The molecule has 1 aromatic carbocycles. The predicted molar refractivity (Wildman–Crippen MR) is 71.2 cm³/mol. The van der Waals surface area contributed by atoms with Gasteiger partial charge in [0.05, 0.1) is 6.61 Å². The normalized spacial score (nSPS) is 10.1. The van der Waals surface area contributed by atoms with Crippen LogP contribution >= 0.6 is 11.6 Å². The Morgan fingerprint density at radius 3 is 2.50 bits per heavy atom. The first-order chi connectivity index (χ1) is 8.79. The summed E-state index contributed by atoms with van der Waals surface area (Å²) in [7, 11) is 0. The van der Waals surface area contributed by atoms with E-state index in [1.165, 1.54) is 0 Å². The van der Waals surface area contributed by atoms with Gasteiger partial charge in [0, 0.05) is 6.20 Å². The van der Waals surface area contributed by atoms with Crippen LogP contribution in [0.1, 0.15) is 12.5 Å². The lowest BCUT2D eigenvalue weighted by molar-refractivity contribution is 0.269. The lowest BCUT2D eigenvalue weighted by Gasteiger charge is -2.11. The summed E-state index contributed by atoms with van der Waals surface area (Å²) in [6.45, 7) is 2.99. The zero-order valence-electron chi connectivity index (χ0n) is 10.1. The Labute approximate surface area is 111 Å². The van der Waals surface area contributed by atoms with Gasteiger partial charge in [0.1, 0.15) is 11.8 Å². The molecule has 0 aliphatic carbocycles. The summed E-state index contributed by atoms with van der Waals surface area (Å²) in [6, 6.07) is 11.3. The number of rotatable bonds is 5. The number of hydrogen-bond donors (Lipinski definition) is 0. The smallest absolute Gasteiger partial charge is 0.161 e. The third-order valence-corrected chi connectivity index (χ3v) is 2.54. The van der Waals surface area contributed by atoms with Crippen molar-refractivity contribution in [3.63, 3.8) is 0 Å². The zero-order valence-corrected chi connectivity index (χ0v) is 10.9. The maximum atomic E-state index is 5.82. The van der Waals surface area contributed by atoms with Crippen LogP contribution in [0.15, 0.2) is 42.6 Å². The fourth-order valence-electron chi connectivity index (χ4n) is 1.54. The van der Waals surface area contributed by atoms with Crippen LogP contribution in [0.5, 0.6) is 11.5 Å². The molecule has 0 bridgehead atoms. The van der Waals surface area contributed by atoms with E-state index < -0.39 is 0 Å². The van der Waals surface area contributed by atoms with Crippen molar-refractivity contribution in [2.24, 2.45) is 0 Å². The maximum Gasteiger partial charge on any atom is 0.161 e. The van der Waals surface area contributed by atoms with E-state index in [2.05, 4.69) is 4.98 Å². The molecule has 0 unspecified atom stereocenters. The molecule has 0 N–H and O–H groups in total. The summed E-state index contributed by atoms with van der Waals surface area (Å²) < 4.78 is 11.2. The molecule has 0 aliphatic heterocycles. The highest BCUT2D eigenvalue weighted by Crippen LogP contribution is 2.27. The van der Waals surface area contributed by atoms with Crippen LogP contribution in [0, 0.1) is 0 Å². The number of halogens is 1. The largest absolute Gasteiger partial charge is 0.490 e. The molecule has 0 radical (unpaired) electrons. The summed E-state index contributed by atoms with van der Waals surface area (Å²) >= 11 is 5.82. The SMILES string of the molecule is CCOc1ccccc1OCc1ccnc(Cl)c1. The second-order valence-corrected chi connectivity index (χ2v) is 4.04. The highest BCUT2D eigenvalue weighted by atomic mass is 35.5. The van der Waals surface area contributed by atoms with Crippen molar-refractivity contribution in [3.05, 3.63) is 53.3 Å². The minimum Gasteiger partial charge on any atom is -0.490 e. The van der Waals surface area contributed by atoms with E-state index in [1.807, 2.05) is 37.3 Å². The summed E-state index contributed by atoms with van der Waals surface area (Å²) in [5.41, 5.74) is 0.973. The van der Waals surface area contributed by atoms with Crippen molar-refractivity contribution in [2.75, 3.05) is 6.61 Å². The molecule has 0 spiro atoms. The Morgan fingerprint density at radius 2 is 1.83 bits per heavy atom. The quantitative estimate of drug-likeness (QED) is 0.771. The van der Waals surface area contributed by atoms with Crippen molar-refractivity contribution < 1.29 is 9.47 Å². The molecule has 0 saturated carbocycles. The van der Waals surface area contributed by atoms with Crippen LogP contribution in [0.2, 0.25) is 5.15 Å². The third-order valence-electron chi connectivity index (χ3n) is 2.33. The number of ether oxygens (including phenoxy) is 2. The van der Waals surface area contributed by atoms with E-state index in [0.717, 1.165) is 17.1 Å². The monoisotopic (exact) mass is 263 g/mol. The molecule has 2 aromatic rings. The summed E-state index contributed by atoms with van der Waals surface area (Å²) in [5.74, 6) is 1.48. The summed E-state index contributed by atoms with van der Waals surface area (Å²) in [6.07, 6.45) is 1.66. The van der Waals surface area contributed by atoms with Gasteiger partial charge in [-0.15, -0.1) is 0 Å². The zero-order chi connectivity index (χ0) is 12.8. The van der Waals surface area contributed by atoms with Gasteiger partial charge in [0.25, 0.3) is 0 Å². The molecular formula is C14H14ClNO2. The molecule has 0 saturated heterocycles. The first-order valence-electron chi connectivity index (χ1n) is 5.74. The van der Waals surface area contributed by atoms with Gasteiger partial charge < -0.3 is 9.47 Å². The number of pyridine rings is 1. The minimum absolute atomic E-state index is 0.437. The fourth-order valence-corrected chi connectivity index (χ4v) is 1.73. The number of nitrogens with zero attached hydrogens (tertiary/aromatic N) is 1. The number of hydrogen-bond acceptors (Lipinski definition) is 3. The second-order valence-electron chi connectivity index (χ2n) is 3.66. The topological polar surface area (TPSA) is 31.4 Å². The average Bonchev–Trinajstić information content (AvgIpc) is 2.38.